The quantitative estimate of drug-likeness (QED) is 0.542. The summed E-state index contributed by atoms with van der Waals surface area (Å²) in [6, 6.07) is 6.19. The van der Waals surface area contributed by atoms with Crippen molar-refractivity contribution in [3.8, 4) is 0 Å². The van der Waals surface area contributed by atoms with Gasteiger partial charge in [-0.1, -0.05) is 38.3 Å². The Kier molecular flexibility index (Phi) is 7.11. The Bertz CT molecular complexity index is 593. The number of carbonyl (C=O) groups is 1. The third kappa shape index (κ3) is 6.55. The summed E-state index contributed by atoms with van der Waals surface area (Å²) in [5.74, 6) is -1.07. The summed E-state index contributed by atoms with van der Waals surface area (Å²) in [4.78, 5) is 10.6. The van der Waals surface area contributed by atoms with Gasteiger partial charge in [-0.05, 0) is 30.2 Å². The van der Waals surface area contributed by atoms with E-state index in [1.165, 1.54) is 18.2 Å². The van der Waals surface area contributed by atoms with Gasteiger partial charge < -0.3 is 5.11 Å². The van der Waals surface area contributed by atoms with Crippen LogP contribution in [0.1, 0.15) is 38.2 Å². The summed E-state index contributed by atoms with van der Waals surface area (Å²) in [6.45, 7) is 2.51. The smallest absolute Gasteiger partial charge is 0.328 e. The molecule has 0 unspecified atom stereocenters. The Labute approximate surface area is 125 Å². The largest absolute Gasteiger partial charge is 0.478 e. The third-order valence-electron chi connectivity index (χ3n) is 2.91. The number of aliphatic carboxylic acids is 1. The topological polar surface area (TPSA) is 83.5 Å². The van der Waals surface area contributed by atoms with E-state index in [2.05, 4.69) is 11.6 Å². The Morgan fingerprint density at radius 1 is 1.29 bits per heavy atom. The SMILES string of the molecule is CCCCCCNS(=O)(=O)c1cccc(C=CC(=O)O)c1. The number of hydrogen-bond donors (Lipinski definition) is 2. The summed E-state index contributed by atoms with van der Waals surface area (Å²) < 4.78 is 26.8. The van der Waals surface area contributed by atoms with Gasteiger partial charge in [0.15, 0.2) is 0 Å². The molecular weight excluding hydrogens is 290 g/mol. The minimum absolute atomic E-state index is 0.144. The normalized spacial score (nSPS) is 11.9. The molecule has 116 valence electrons. The molecule has 1 aromatic rings. The molecule has 1 rings (SSSR count). The average Bonchev–Trinajstić information content (AvgIpc) is 2.45. The number of sulfonamides is 1. The van der Waals surface area contributed by atoms with Crippen LogP contribution in [0.15, 0.2) is 35.2 Å². The third-order valence-corrected chi connectivity index (χ3v) is 4.37. The number of rotatable bonds is 9. The highest BCUT2D eigenvalue weighted by molar-refractivity contribution is 7.89. The molecule has 0 radical (unpaired) electrons. The first-order valence-corrected chi connectivity index (χ1v) is 8.45. The van der Waals surface area contributed by atoms with Gasteiger partial charge in [-0.3, -0.25) is 0 Å². The highest BCUT2D eigenvalue weighted by Gasteiger charge is 2.13. The van der Waals surface area contributed by atoms with Crippen molar-refractivity contribution in [1.82, 2.24) is 4.72 Å². The van der Waals surface area contributed by atoms with Crippen molar-refractivity contribution in [2.24, 2.45) is 0 Å². The maximum absolute atomic E-state index is 12.1. The zero-order chi connectivity index (χ0) is 15.7. The maximum Gasteiger partial charge on any atom is 0.328 e. The first-order valence-electron chi connectivity index (χ1n) is 6.96. The Hall–Kier alpha value is -1.66. The van der Waals surface area contributed by atoms with Crippen LogP contribution in [-0.2, 0) is 14.8 Å². The van der Waals surface area contributed by atoms with Gasteiger partial charge in [0.1, 0.15) is 0 Å². The molecular formula is C15H21NO4S. The van der Waals surface area contributed by atoms with E-state index in [-0.39, 0.29) is 4.90 Å². The highest BCUT2D eigenvalue weighted by Crippen LogP contribution is 2.13. The van der Waals surface area contributed by atoms with Crippen molar-refractivity contribution in [2.45, 2.75) is 37.5 Å². The molecule has 0 aromatic heterocycles. The molecule has 0 heterocycles. The van der Waals surface area contributed by atoms with E-state index < -0.39 is 16.0 Å². The van der Waals surface area contributed by atoms with Gasteiger partial charge in [0.25, 0.3) is 0 Å². The molecule has 0 atom stereocenters. The molecule has 0 amide bonds. The predicted molar refractivity (Wildman–Crippen MR) is 82.4 cm³/mol. The van der Waals surface area contributed by atoms with Crippen LogP contribution in [0.3, 0.4) is 0 Å². The van der Waals surface area contributed by atoms with Crippen LogP contribution in [0, 0.1) is 0 Å². The first-order chi connectivity index (χ1) is 9.95. The van der Waals surface area contributed by atoms with Crippen molar-refractivity contribution < 1.29 is 18.3 Å². The van der Waals surface area contributed by atoms with E-state index in [0.29, 0.717) is 12.1 Å². The molecule has 0 aliphatic heterocycles. The van der Waals surface area contributed by atoms with Crippen LogP contribution in [-0.4, -0.2) is 26.0 Å². The molecule has 0 aliphatic rings. The predicted octanol–water partition coefficient (Wildman–Crippen LogP) is 2.64. The summed E-state index contributed by atoms with van der Waals surface area (Å²) in [5.41, 5.74) is 0.534. The van der Waals surface area contributed by atoms with Gasteiger partial charge in [0.2, 0.25) is 10.0 Å². The molecule has 0 spiro atoms. The first kappa shape index (κ1) is 17.4. The summed E-state index contributed by atoms with van der Waals surface area (Å²) in [6.07, 6.45) is 6.35. The zero-order valence-electron chi connectivity index (χ0n) is 12.1. The summed E-state index contributed by atoms with van der Waals surface area (Å²) in [7, 11) is -3.54. The van der Waals surface area contributed by atoms with Crippen molar-refractivity contribution in [3.63, 3.8) is 0 Å². The van der Waals surface area contributed by atoms with Crippen LogP contribution in [0.25, 0.3) is 6.08 Å². The second-order valence-corrected chi connectivity index (χ2v) is 6.47. The number of hydrogen-bond acceptors (Lipinski definition) is 3. The minimum atomic E-state index is -3.54. The fourth-order valence-corrected chi connectivity index (χ4v) is 2.92. The van der Waals surface area contributed by atoms with E-state index in [4.69, 9.17) is 5.11 Å². The molecule has 1 aromatic carbocycles. The van der Waals surface area contributed by atoms with E-state index in [9.17, 15) is 13.2 Å². The fraction of sp³-hybridized carbons (Fsp3) is 0.400. The Morgan fingerprint density at radius 3 is 2.71 bits per heavy atom. The lowest BCUT2D eigenvalue weighted by atomic mass is 10.2. The number of benzene rings is 1. The maximum atomic E-state index is 12.1. The van der Waals surface area contributed by atoms with Crippen LogP contribution < -0.4 is 4.72 Å². The lowest BCUT2D eigenvalue weighted by molar-refractivity contribution is -0.131. The summed E-state index contributed by atoms with van der Waals surface area (Å²) >= 11 is 0. The second kappa shape index (κ2) is 8.59. The van der Waals surface area contributed by atoms with Crippen molar-refractivity contribution >= 4 is 22.1 Å². The Balaban J connectivity index is 2.70. The molecule has 0 saturated carbocycles. The van der Waals surface area contributed by atoms with E-state index in [1.54, 1.807) is 12.1 Å². The van der Waals surface area contributed by atoms with E-state index in [0.717, 1.165) is 31.8 Å². The molecule has 6 heteroatoms. The van der Waals surface area contributed by atoms with Crippen LogP contribution >= 0.6 is 0 Å². The van der Waals surface area contributed by atoms with Crippen LogP contribution in [0.4, 0.5) is 0 Å². The zero-order valence-corrected chi connectivity index (χ0v) is 12.9. The van der Waals surface area contributed by atoms with Crippen molar-refractivity contribution in [1.29, 1.82) is 0 Å². The number of carboxylic acid groups (broad SMARTS) is 1. The van der Waals surface area contributed by atoms with E-state index >= 15 is 0 Å². The molecule has 5 nitrogen and oxygen atoms in total. The molecule has 0 saturated heterocycles. The fourth-order valence-electron chi connectivity index (χ4n) is 1.79. The number of nitrogens with one attached hydrogen (secondary N) is 1. The highest BCUT2D eigenvalue weighted by atomic mass is 32.2. The van der Waals surface area contributed by atoms with Gasteiger partial charge in [-0.15, -0.1) is 0 Å². The number of carboxylic acids is 1. The average molecular weight is 311 g/mol. The van der Waals surface area contributed by atoms with Crippen molar-refractivity contribution in [3.05, 3.63) is 35.9 Å². The molecule has 0 aliphatic carbocycles. The van der Waals surface area contributed by atoms with Crippen molar-refractivity contribution in [2.75, 3.05) is 6.54 Å². The number of unbranched alkanes of at least 4 members (excludes halogenated alkanes) is 3. The van der Waals surface area contributed by atoms with Gasteiger partial charge in [-0.25, -0.2) is 17.9 Å². The van der Waals surface area contributed by atoms with Gasteiger partial charge in [0.05, 0.1) is 4.90 Å². The lowest BCUT2D eigenvalue weighted by Gasteiger charge is -2.07. The monoisotopic (exact) mass is 311 g/mol. The van der Waals surface area contributed by atoms with Gasteiger partial charge in [0, 0.05) is 12.6 Å². The second-order valence-electron chi connectivity index (χ2n) is 4.70. The standard InChI is InChI=1S/C15H21NO4S/c1-2-3-4-5-11-16-21(19,20)14-8-6-7-13(12-14)9-10-15(17)18/h6-10,12,16H,2-5,11H2,1H3,(H,17,18). The molecule has 0 bridgehead atoms. The summed E-state index contributed by atoms with van der Waals surface area (Å²) in [5, 5.41) is 8.57. The van der Waals surface area contributed by atoms with Crippen LogP contribution in [0.2, 0.25) is 0 Å². The van der Waals surface area contributed by atoms with Crippen LogP contribution in [0.5, 0.6) is 0 Å². The molecule has 2 N–H and O–H groups in total. The van der Waals surface area contributed by atoms with E-state index in [1.807, 2.05) is 0 Å². The Morgan fingerprint density at radius 2 is 2.05 bits per heavy atom. The molecule has 21 heavy (non-hydrogen) atoms. The lowest BCUT2D eigenvalue weighted by Crippen LogP contribution is -2.24. The minimum Gasteiger partial charge on any atom is -0.478 e. The van der Waals surface area contributed by atoms with Gasteiger partial charge in [-0.2, -0.15) is 0 Å². The van der Waals surface area contributed by atoms with Gasteiger partial charge >= 0.3 is 5.97 Å². The molecule has 0 fully saturated rings.